The molecule has 1 N–H and O–H groups in total. The fraction of sp³-hybridized carbons (Fsp3) is 0.185. The minimum Gasteiger partial charge on any atom is -0.494 e. The first-order chi connectivity index (χ1) is 18.2. The van der Waals surface area contributed by atoms with Gasteiger partial charge in [-0.05, 0) is 42.6 Å². The quantitative estimate of drug-likeness (QED) is 0.241. The molecule has 5 rings (SSSR count). The normalized spacial score (nSPS) is 10.9. The van der Waals surface area contributed by atoms with E-state index in [1.165, 1.54) is 17.5 Å². The molecule has 0 aliphatic carbocycles. The minimum absolute atomic E-state index is 0.463. The second-order valence-corrected chi connectivity index (χ2v) is 8.64. The molecule has 0 saturated carbocycles. The number of ether oxygens (including phenoxy) is 3. The van der Waals surface area contributed by atoms with Crippen LogP contribution in [-0.4, -0.2) is 45.3 Å². The maximum atomic E-state index is 5.72. The van der Waals surface area contributed by atoms with Gasteiger partial charge in [-0.25, -0.2) is 19.9 Å². The van der Waals surface area contributed by atoms with Gasteiger partial charge in [-0.15, -0.1) is 0 Å². The van der Waals surface area contributed by atoms with Crippen LogP contribution in [0.15, 0.2) is 72.9 Å². The number of anilines is 1. The Morgan fingerprint density at radius 2 is 1.62 bits per heavy atom. The van der Waals surface area contributed by atoms with Crippen LogP contribution in [-0.2, 0) is 5.75 Å². The van der Waals surface area contributed by atoms with Gasteiger partial charge in [0.05, 0.1) is 27.0 Å². The zero-order valence-corrected chi connectivity index (χ0v) is 21.5. The van der Waals surface area contributed by atoms with Gasteiger partial charge in [0.2, 0.25) is 5.88 Å². The Balaban J connectivity index is 1.63. The van der Waals surface area contributed by atoms with Crippen molar-refractivity contribution in [2.75, 3.05) is 25.5 Å². The molecule has 3 aromatic heterocycles. The fourth-order valence-corrected chi connectivity index (χ4v) is 4.55. The topological polar surface area (TPSA) is 96.2 Å². The average Bonchev–Trinajstić information content (AvgIpc) is 3.32. The first-order valence-corrected chi connectivity index (χ1v) is 12.7. The van der Waals surface area contributed by atoms with Crippen molar-refractivity contribution in [1.82, 2.24) is 24.5 Å². The molecule has 37 heavy (non-hydrogen) atoms. The summed E-state index contributed by atoms with van der Waals surface area (Å²) in [5, 5.41) is 0. The highest BCUT2D eigenvalue weighted by atomic mass is 32.2. The molecule has 0 amide bonds. The van der Waals surface area contributed by atoms with Gasteiger partial charge in [0.1, 0.15) is 22.9 Å². The standard InChI is InChI=1S/C27H26N6O3S/c1-4-36-23-15-8-12-19(29-23)26-31-25-27(33(26)24-20(34-2)13-9-14-21(24)35-3)30-22(16-28-25)32-37-17-18-10-6-5-7-11-18/h5-16H,4,17H2,1-3H3,(H,30,32). The van der Waals surface area contributed by atoms with Gasteiger partial charge in [0, 0.05) is 11.8 Å². The van der Waals surface area contributed by atoms with E-state index < -0.39 is 0 Å². The van der Waals surface area contributed by atoms with Crippen molar-refractivity contribution in [1.29, 1.82) is 0 Å². The van der Waals surface area contributed by atoms with Gasteiger partial charge in [0.15, 0.2) is 22.9 Å². The Bertz CT molecular complexity index is 1490. The molecule has 0 spiro atoms. The second-order valence-electron chi connectivity index (χ2n) is 7.85. The summed E-state index contributed by atoms with van der Waals surface area (Å²) in [4.78, 5) is 18.9. The van der Waals surface area contributed by atoms with E-state index in [1.54, 1.807) is 20.4 Å². The molecule has 9 nitrogen and oxygen atoms in total. The number of methoxy groups -OCH3 is 2. The van der Waals surface area contributed by atoms with E-state index in [1.807, 2.05) is 66.1 Å². The lowest BCUT2D eigenvalue weighted by Crippen LogP contribution is -2.06. The number of hydrogen-bond acceptors (Lipinski definition) is 9. The average molecular weight is 515 g/mol. The molecular formula is C27H26N6O3S. The van der Waals surface area contributed by atoms with Gasteiger partial charge in [0.25, 0.3) is 0 Å². The number of nitrogens with one attached hydrogen (secondary N) is 1. The van der Waals surface area contributed by atoms with Crippen LogP contribution in [0.4, 0.5) is 5.82 Å². The second kappa shape index (κ2) is 11.2. The van der Waals surface area contributed by atoms with E-state index >= 15 is 0 Å². The van der Waals surface area contributed by atoms with Gasteiger partial charge >= 0.3 is 0 Å². The molecule has 188 valence electrons. The lowest BCUT2D eigenvalue weighted by Gasteiger charge is -2.16. The maximum Gasteiger partial charge on any atom is 0.213 e. The highest BCUT2D eigenvalue weighted by molar-refractivity contribution is 7.99. The van der Waals surface area contributed by atoms with Crippen LogP contribution in [0, 0.1) is 0 Å². The Labute approximate surface area is 219 Å². The van der Waals surface area contributed by atoms with Crippen LogP contribution >= 0.6 is 11.9 Å². The van der Waals surface area contributed by atoms with Crippen molar-refractivity contribution >= 4 is 29.1 Å². The number of pyridine rings is 1. The zero-order chi connectivity index (χ0) is 25.6. The number of hydrogen-bond donors (Lipinski definition) is 1. The van der Waals surface area contributed by atoms with Crippen molar-refractivity contribution in [2.45, 2.75) is 12.7 Å². The van der Waals surface area contributed by atoms with Crippen molar-refractivity contribution in [3.05, 3.63) is 78.5 Å². The monoisotopic (exact) mass is 514 g/mol. The van der Waals surface area contributed by atoms with E-state index in [9.17, 15) is 0 Å². The molecule has 2 aromatic carbocycles. The first kappa shape index (κ1) is 24.4. The molecule has 5 aromatic rings. The van der Waals surface area contributed by atoms with Crippen LogP contribution in [0.3, 0.4) is 0 Å². The van der Waals surface area contributed by atoms with Crippen molar-refractivity contribution in [3.63, 3.8) is 0 Å². The van der Waals surface area contributed by atoms with Crippen LogP contribution in [0.5, 0.6) is 17.4 Å². The van der Waals surface area contributed by atoms with Crippen LogP contribution in [0.2, 0.25) is 0 Å². The summed E-state index contributed by atoms with van der Waals surface area (Å²) in [6.45, 7) is 2.42. The van der Waals surface area contributed by atoms with Gasteiger partial charge < -0.3 is 18.9 Å². The highest BCUT2D eigenvalue weighted by Crippen LogP contribution is 2.38. The summed E-state index contributed by atoms with van der Waals surface area (Å²) in [6.07, 6.45) is 1.67. The molecule has 0 aliphatic rings. The van der Waals surface area contributed by atoms with Crippen LogP contribution in [0.1, 0.15) is 12.5 Å². The van der Waals surface area contributed by atoms with Gasteiger partial charge in [-0.3, -0.25) is 4.57 Å². The number of imidazole rings is 1. The Hall–Kier alpha value is -4.31. The van der Waals surface area contributed by atoms with Crippen LogP contribution in [0.25, 0.3) is 28.5 Å². The van der Waals surface area contributed by atoms with Crippen molar-refractivity contribution in [3.8, 4) is 34.6 Å². The lowest BCUT2D eigenvalue weighted by molar-refractivity contribution is 0.327. The molecular weight excluding hydrogens is 488 g/mol. The summed E-state index contributed by atoms with van der Waals surface area (Å²) in [6, 6.07) is 21.4. The molecule has 0 radical (unpaired) electrons. The smallest absolute Gasteiger partial charge is 0.213 e. The molecule has 0 aliphatic heterocycles. The molecule has 0 fully saturated rings. The molecule has 10 heteroatoms. The van der Waals surface area contributed by atoms with E-state index in [4.69, 9.17) is 24.2 Å². The molecule has 0 saturated heterocycles. The Kier molecular flexibility index (Phi) is 7.36. The predicted molar refractivity (Wildman–Crippen MR) is 146 cm³/mol. The van der Waals surface area contributed by atoms with E-state index in [0.717, 1.165) is 5.75 Å². The Morgan fingerprint density at radius 1 is 0.865 bits per heavy atom. The highest BCUT2D eigenvalue weighted by Gasteiger charge is 2.24. The van der Waals surface area contributed by atoms with E-state index in [-0.39, 0.29) is 0 Å². The molecule has 3 heterocycles. The summed E-state index contributed by atoms with van der Waals surface area (Å²) in [7, 11) is 3.23. The first-order valence-electron chi connectivity index (χ1n) is 11.7. The minimum atomic E-state index is 0.463. The predicted octanol–water partition coefficient (Wildman–Crippen LogP) is 5.55. The molecule has 0 bridgehead atoms. The third-order valence-corrected chi connectivity index (χ3v) is 6.33. The van der Waals surface area contributed by atoms with Crippen molar-refractivity contribution in [2.24, 2.45) is 0 Å². The maximum absolute atomic E-state index is 5.72. The number of fused-ring (bicyclic) bond motifs is 1. The third kappa shape index (κ3) is 5.14. The van der Waals surface area contributed by atoms with Crippen LogP contribution < -0.4 is 18.9 Å². The number of nitrogens with zero attached hydrogens (tertiary/aromatic N) is 5. The summed E-state index contributed by atoms with van der Waals surface area (Å²) in [5.41, 5.74) is 3.46. The summed E-state index contributed by atoms with van der Waals surface area (Å²) < 4.78 is 22.2. The third-order valence-electron chi connectivity index (χ3n) is 5.50. The zero-order valence-electron chi connectivity index (χ0n) is 20.7. The SMILES string of the molecule is CCOc1cccc(-c2nc3ncc(NSCc4ccccc4)nc3n2-c2c(OC)cccc2OC)n1. The van der Waals surface area contributed by atoms with E-state index in [0.29, 0.717) is 58.3 Å². The number of aromatic nitrogens is 5. The fourth-order valence-electron chi connectivity index (χ4n) is 3.87. The van der Waals surface area contributed by atoms with Gasteiger partial charge in [-0.2, -0.15) is 0 Å². The lowest BCUT2D eigenvalue weighted by atomic mass is 10.2. The number of benzene rings is 2. The van der Waals surface area contributed by atoms with Gasteiger partial charge in [-0.1, -0.05) is 42.5 Å². The number of para-hydroxylation sites is 1. The molecule has 0 unspecified atom stereocenters. The van der Waals surface area contributed by atoms with Crippen molar-refractivity contribution < 1.29 is 14.2 Å². The summed E-state index contributed by atoms with van der Waals surface area (Å²) in [5.74, 6) is 3.61. The number of rotatable bonds is 10. The molecule has 0 atom stereocenters. The largest absolute Gasteiger partial charge is 0.494 e. The Morgan fingerprint density at radius 3 is 2.35 bits per heavy atom. The summed E-state index contributed by atoms with van der Waals surface area (Å²) >= 11 is 1.54. The van der Waals surface area contributed by atoms with E-state index in [2.05, 4.69) is 26.8 Å².